The number of phenols is 1. The van der Waals surface area contributed by atoms with Gasteiger partial charge < -0.3 is 81.1 Å². The van der Waals surface area contributed by atoms with Gasteiger partial charge >= 0.3 is 11.9 Å². The molecule has 5 heterocycles. The van der Waals surface area contributed by atoms with Crippen molar-refractivity contribution in [2.75, 3.05) is 65.8 Å². The largest absolute Gasteiger partial charge is 0.505 e. The number of phenolic OH excluding ortho intramolecular Hbond substituents is 1. The van der Waals surface area contributed by atoms with Crippen molar-refractivity contribution >= 4 is 93.5 Å². The first-order valence-electron chi connectivity index (χ1n) is 30.9. The summed E-state index contributed by atoms with van der Waals surface area (Å²) < 4.78 is 18.2. The summed E-state index contributed by atoms with van der Waals surface area (Å²) in [6.45, 7) is 17.6. The van der Waals surface area contributed by atoms with E-state index in [9.17, 15) is 57.8 Å². The molecule has 1 aliphatic carbocycles. The summed E-state index contributed by atoms with van der Waals surface area (Å²) in [5.74, 6) is -14.2. The number of hydrogen-bond acceptors (Lipinski definition) is 20. The van der Waals surface area contributed by atoms with E-state index in [0.717, 1.165) is 9.80 Å². The first kappa shape index (κ1) is 70.3. The highest BCUT2D eigenvalue weighted by Gasteiger charge is 2.47. The van der Waals surface area contributed by atoms with Gasteiger partial charge in [-0.2, -0.15) is 0 Å². The fraction of sp³-hybridized carbons (Fsp3) is 0.613. The number of aryl methyl sites for hydroxylation is 1. The number of nitrogen functional groups attached to an aromatic ring is 2. The lowest BCUT2D eigenvalue weighted by atomic mass is 9.97. The summed E-state index contributed by atoms with van der Waals surface area (Å²) in [4.78, 5) is 200. The number of nitrogens with one attached hydrogen (secondary N) is 4. The summed E-state index contributed by atoms with van der Waals surface area (Å²) in [5, 5.41) is 22.1. The van der Waals surface area contributed by atoms with Gasteiger partial charge in [0, 0.05) is 52.4 Å². The van der Waals surface area contributed by atoms with Gasteiger partial charge in [0.05, 0.1) is 35.6 Å². The van der Waals surface area contributed by atoms with E-state index in [2.05, 4.69) is 21.3 Å². The number of aromatic nitrogens is 1. The van der Waals surface area contributed by atoms with E-state index in [1.165, 1.54) is 75.5 Å². The molecule has 10 amide bonds. The number of anilines is 2. The van der Waals surface area contributed by atoms with Crippen LogP contribution in [-0.4, -0.2) is 225 Å². The molecule has 5 aliphatic heterocycles. The number of carbonyl (C=O) groups excluding carboxylic acids is 12. The van der Waals surface area contributed by atoms with Crippen molar-refractivity contribution in [3.8, 4) is 17.2 Å². The molecule has 1 aromatic carbocycles. The smallest absolute Gasteiger partial charge is 0.329 e. The van der Waals surface area contributed by atoms with E-state index in [-0.39, 0.29) is 42.6 Å². The monoisotopic (exact) mass is 1290 g/mol. The summed E-state index contributed by atoms with van der Waals surface area (Å²) in [7, 11) is 5.50. The fourth-order valence-corrected chi connectivity index (χ4v) is 12.5. The predicted octanol–water partition coefficient (Wildman–Crippen LogP) is 0.0134. The second-order valence-corrected chi connectivity index (χ2v) is 25.9. The molecule has 0 radical (unpaired) electrons. The van der Waals surface area contributed by atoms with Gasteiger partial charge in [0.2, 0.25) is 52.7 Å². The maximum absolute atomic E-state index is 15.3. The zero-order chi connectivity index (χ0) is 68.7. The Labute approximate surface area is 532 Å². The minimum atomic E-state index is -1.94. The molecule has 0 unspecified atom stereocenters. The molecule has 1 aromatic rings. The Morgan fingerprint density at radius 3 is 1.38 bits per heavy atom. The number of benzene rings is 2. The van der Waals surface area contributed by atoms with Crippen LogP contribution >= 0.6 is 0 Å². The molecule has 30 nitrogen and oxygen atoms in total. The summed E-state index contributed by atoms with van der Waals surface area (Å²) in [6, 6.07) is -11.2. The number of ether oxygens (including phenoxy) is 2. The van der Waals surface area contributed by atoms with E-state index in [0.29, 0.717) is 12.8 Å². The average molecular weight is 1290 g/mol. The van der Waals surface area contributed by atoms with Gasteiger partial charge in [-0.3, -0.25) is 52.7 Å². The maximum Gasteiger partial charge on any atom is 0.329 e. The number of nitrogens with zero attached hydrogens (tertiary/aromatic N) is 7. The van der Waals surface area contributed by atoms with Crippen molar-refractivity contribution in [3.63, 3.8) is 0 Å². The second kappa shape index (κ2) is 27.8. The molecule has 30 heteroatoms. The van der Waals surface area contributed by atoms with Gasteiger partial charge in [0.15, 0.2) is 11.3 Å². The Kier molecular flexibility index (Phi) is 21.2. The lowest BCUT2D eigenvalue weighted by Gasteiger charge is -2.36. The van der Waals surface area contributed by atoms with Crippen molar-refractivity contribution in [2.24, 2.45) is 23.7 Å². The number of rotatable bonds is 8. The predicted molar refractivity (Wildman–Crippen MR) is 332 cm³/mol. The van der Waals surface area contributed by atoms with E-state index in [1.807, 2.05) is 0 Å². The second-order valence-electron chi connectivity index (χ2n) is 25.9. The van der Waals surface area contributed by atoms with Crippen molar-refractivity contribution in [2.45, 2.75) is 169 Å². The van der Waals surface area contributed by atoms with Crippen LogP contribution in [0.3, 0.4) is 0 Å². The number of amides is 10. The molecule has 502 valence electrons. The minimum absolute atomic E-state index is 0.132. The highest BCUT2D eigenvalue weighted by Crippen LogP contribution is 2.41. The quantitative estimate of drug-likeness (QED) is 0.0676. The third kappa shape index (κ3) is 13.6. The van der Waals surface area contributed by atoms with Gasteiger partial charge in [-0.25, -0.2) is 14.6 Å². The lowest BCUT2D eigenvalue weighted by molar-refractivity contribution is -0.163. The van der Waals surface area contributed by atoms with Gasteiger partial charge in [0.1, 0.15) is 77.5 Å². The molecule has 7 rings (SSSR count). The zero-order valence-electron chi connectivity index (χ0n) is 55.0. The standard InChI is InChI=1S/C62H87N13O17/c1-25(2)41-59(86)74-21-17-19-33(74)57(84)70(13)23-35(76)72(15)47(27(5)6)61(88)90-31(11)43(55(82)66-41)68-53(80)37-39(63)49(78)29(9)51-45(37)65-46-38(40(64)50(79)30(10)52(46)92-51)54(81)69-44-32(12)91-62(89)48(28(7)8)73(16)36(77)24-71(14)58(85)34-20-18-22-75(34)60(87)42(26(3)4)67-56(44)83/h25-28,31-34,41-44,47-48,78H,17-24,63-64H2,1-16H3,(H,66,82)(H,67,83)(H,68,80)(H,69,81)/t31-,32+,33-,34+,41-,42+,43+,44-,47+,48-/m0/s1. The number of likely N-dealkylation sites (N-methyl/N-ethyl adjacent to an activating group) is 4. The molecule has 0 aromatic heterocycles. The Morgan fingerprint density at radius 1 is 0.587 bits per heavy atom. The van der Waals surface area contributed by atoms with Crippen molar-refractivity contribution in [3.05, 3.63) is 32.5 Å². The first-order valence-corrected chi connectivity index (χ1v) is 30.9. The summed E-state index contributed by atoms with van der Waals surface area (Å²) in [6.07, 6.45) is -1.92. The number of carbonyl (C=O) groups is 12. The van der Waals surface area contributed by atoms with Gasteiger partial charge in [-0.1, -0.05) is 55.4 Å². The topological polar surface area (TPSA) is 406 Å². The molecule has 0 spiro atoms. The van der Waals surface area contributed by atoms with Crippen LogP contribution in [0.1, 0.15) is 127 Å². The Balaban J connectivity index is 1.36. The molecular formula is C62H87N13O17. The number of fused-ring (bicyclic) bond motifs is 4. The minimum Gasteiger partial charge on any atom is -0.505 e. The van der Waals surface area contributed by atoms with Gasteiger partial charge in [-0.05, 0) is 77.0 Å². The Hall–Kier alpha value is -9.12. The van der Waals surface area contributed by atoms with Crippen molar-refractivity contribution < 1.29 is 76.5 Å². The number of hydrogen-bond donors (Lipinski definition) is 7. The Bertz CT molecular complexity index is 3530. The molecule has 0 saturated carbocycles. The van der Waals surface area contributed by atoms with E-state index >= 15 is 9.59 Å². The van der Waals surface area contributed by atoms with Gasteiger partial charge in [0.25, 0.3) is 11.8 Å². The van der Waals surface area contributed by atoms with Crippen LogP contribution in [0.4, 0.5) is 11.4 Å². The number of aromatic hydroxyl groups is 1. The SMILES string of the molecule is Cc1c2oc3c(C)c(O)c(N)c(C(=O)N[C@H]4C(=O)N[C@@H](C(C)C)C(=O)N5CCC[C@H]5C(=O)N(C)CC(=O)N(C)[C@H](C(C)C)C(=O)O[C@H]4C)c3nc-2c(C(=O)N[C@@H]2C(=O)N[C@H](C(C)C)C(=O)N3CCC[C@@H]3C(=O)N(C)CC(=O)N(C)[C@@H](C(C)C)C(=O)O[C@@H]2C)c(N)c1=O. The molecular weight excluding hydrogens is 1200 g/mol. The van der Waals surface area contributed by atoms with E-state index < -0.39 is 219 Å². The van der Waals surface area contributed by atoms with Crippen molar-refractivity contribution in [1.29, 1.82) is 0 Å². The molecule has 4 saturated heterocycles. The third-order valence-electron chi connectivity index (χ3n) is 17.8. The number of esters is 2. The van der Waals surface area contributed by atoms with Crippen LogP contribution in [0.15, 0.2) is 9.21 Å². The zero-order valence-corrected chi connectivity index (χ0v) is 55.0. The van der Waals surface area contributed by atoms with Crippen LogP contribution in [-0.2, 0) is 57.4 Å². The molecule has 92 heavy (non-hydrogen) atoms. The van der Waals surface area contributed by atoms with Crippen LogP contribution < -0.4 is 38.2 Å². The van der Waals surface area contributed by atoms with Gasteiger partial charge in [-0.15, -0.1) is 0 Å². The van der Waals surface area contributed by atoms with Crippen LogP contribution in [0.5, 0.6) is 5.75 Å². The molecule has 10 atom stereocenters. The van der Waals surface area contributed by atoms with Crippen molar-refractivity contribution in [1.82, 2.24) is 55.7 Å². The molecule has 0 bridgehead atoms. The number of nitrogens with two attached hydrogens (primary N) is 2. The first-order chi connectivity index (χ1) is 42.9. The third-order valence-corrected chi connectivity index (χ3v) is 17.8. The summed E-state index contributed by atoms with van der Waals surface area (Å²) >= 11 is 0. The summed E-state index contributed by atoms with van der Waals surface area (Å²) in [5.41, 5.74) is 7.51. The Morgan fingerprint density at radius 2 is 0.989 bits per heavy atom. The fourth-order valence-electron chi connectivity index (χ4n) is 12.5. The number of cyclic esters (lactones) is 2. The van der Waals surface area contributed by atoms with Crippen LogP contribution in [0.2, 0.25) is 0 Å². The molecule has 9 N–H and O–H groups in total. The molecule has 4 fully saturated rings. The van der Waals surface area contributed by atoms with E-state index in [4.69, 9.17) is 30.3 Å². The normalized spacial score (nSPS) is 25.9. The van der Waals surface area contributed by atoms with Crippen LogP contribution in [0, 0.1) is 37.5 Å². The maximum atomic E-state index is 15.3. The van der Waals surface area contributed by atoms with E-state index in [1.54, 1.807) is 55.4 Å². The highest BCUT2D eigenvalue weighted by molar-refractivity contribution is 6.14. The molecule has 6 aliphatic rings. The highest BCUT2D eigenvalue weighted by atomic mass is 16.6. The lowest BCUT2D eigenvalue weighted by Crippen LogP contribution is -2.61. The average Bonchev–Trinajstić information content (AvgIpc) is 1.51. The van der Waals surface area contributed by atoms with Crippen LogP contribution in [0.25, 0.3) is 22.6 Å².